The van der Waals surface area contributed by atoms with Crippen molar-refractivity contribution in [3.8, 4) is 0 Å². The molecule has 0 aliphatic carbocycles. The first-order valence-electron chi connectivity index (χ1n) is 27.1. The fourth-order valence-corrected chi connectivity index (χ4v) is 6.79. The number of carbonyl (C=O) groups is 3. The Morgan fingerprint density at radius 1 is 0.304 bits per heavy atom. The zero-order valence-corrected chi connectivity index (χ0v) is 43.8. The van der Waals surface area contributed by atoms with Gasteiger partial charge in [0.25, 0.3) is 0 Å². The number of esters is 3. The van der Waals surface area contributed by atoms with E-state index in [4.69, 9.17) is 14.2 Å². The predicted octanol–water partition coefficient (Wildman–Crippen LogP) is 18.2. The largest absolute Gasteiger partial charge is 0.462 e. The second kappa shape index (κ2) is 55.6. The van der Waals surface area contributed by atoms with Gasteiger partial charge in [-0.25, -0.2) is 0 Å². The van der Waals surface area contributed by atoms with Crippen molar-refractivity contribution in [3.63, 3.8) is 0 Å². The number of hydrogen-bond donors (Lipinski definition) is 0. The number of allylic oxidation sites excluding steroid dienone is 26. The van der Waals surface area contributed by atoms with Crippen LogP contribution < -0.4 is 0 Å². The maximum Gasteiger partial charge on any atom is 0.306 e. The molecule has 69 heavy (non-hydrogen) atoms. The Labute approximate surface area is 422 Å². The number of hydrogen-bond acceptors (Lipinski definition) is 6. The van der Waals surface area contributed by atoms with Crippen molar-refractivity contribution < 1.29 is 28.6 Å². The monoisotopic (exact) mass is 949 g/mol. The summed E-state index contributed by atoms with van der Waals surface area (Å²) in [5, 5.41) is 0. The molecule has 0 amide bonds. The SMILES string of the molecule is CC/C=C/C=C/C=C/C=C/C=C/C=C/C=C/CCCCCC(=O)OCC(COC(=O)CCCCCCC/C=C/C=C/C=C/CC)OC(=O)CCCCCCCCCCC/C=C/C/C=C/C/C=C/CC. The molecule has 0 rings (SSSR count). The molecule has 0 fully saturated rings. The van der Waals surface area contributed by atoms with Gasteiger partial charge in [0.2, 0.25) is 0 Å². The molecule has 384 valence electrons. The Kier molecular flexibility index (Phi) is 51.6. The zero-order chi connectivity index (χ0) is 50.0. The number of rotatable bonds is 46. The van der Waals surface area contributed by atoms with E-state index in [1.165, 1.54) is 38.5 Å². The molecule has 0 aromatic heterocycles. The highest BCUT2D eigenvalue weighted by Gasteiger charge is 2.19. The quantitative estimate of drug-likeness (QED) is 0.0199. The van der Waals surface area contributed by atoms with Gasteiger partial charge in [0.15, 0.2) is 6.10 Å². The highest BCUT2D eigenvalue weighted by molar-refractivity contribution is 5.71. The van der Waals surface area contributed by atoms with Gasteiger partial charge in [-0.3, -0.25) is 14.4 Å². The Balaban J connectivity index is 4.54. The molecular formula is C63H96O6. The third kappa shape index (κ3) is 53.8. The van der Waals surface area contributed by atoms with Crippen LogP contribution >= 0.6 is 0 Å². The van der Waals surface area contributed by atoms with Crippen molar-refractivity contribution in [1.29, 1.82) is 0 Å². The maximum absolute atomic E-state index is 12.8. The van der Waals surface area contributed by atoms with Crippen LogP contribution in [0, 0.1) is 0 Å². The van der Waals surface area contributed by atoms with Crippen LogP contribution in [-0.2, 0) is 28.6 Å². The second-order valence-electron chi connectivity index (χ2n) is 17.2. The minimum Gasteiger partial charge on any atom is -0.462 e. The zero-order valence-electron chi connectivity index (χ0n) is 43.8. The molecule has 0 aliphatic heterocycles. The highest BCUT2D eigenvalue weighted by Crippen LogP contribution is 2.14. The number of carbonyl (C=O) groups excluding carboxylic acids is 3. The normalized spacial score (nSPS) is 13.4. The lowest BCUT2D eigenvalue weighted by Crippen LogP contribution is -2.30. The molecule has 0 spiro atoms. The van der Waals surface area contributed by atoms with Gasteiger partial charge in [-0.15, -0.1) is 0 Å². The van der Waals surface area contributed by atoms with E-state index in [1.54, 1.807) is 0 Å². The minimum atomic E-state index is -0.817. The summed E-state index contributed by atoms with van der Waals surface area (Å²) < 4.78 is 16.8. The van der Waals surface area contributed by atoms with Crippen LogP contribution in [0.2, 0.25) is 0 Å². The summed E-state index contributed by atoms with van der Waals surface area (Å²) in [5.74, 6) is -0.995. The Morgan fingerprint density at radius 2 is 0.594 bits per heavy atom. The Hall–Kier alpha value is -4.97. The van der Waals surface area contributed by atoms with Crippen molar-refractivity contribution in [2.45, 2.75) is 207 Å². The first kappa shape index (κ1) is 64.0. The summed E-state index contributed by atoms with van der Waals surface area (Å²) in [4.78, 5) is 38.1. The first-order chi connectivity index (χ1) is 34.0. The van der Waals surface area contributed by atoms with Crippen LogP contribution in [0.5, 0.6) is 0 Å². The van der Waals surface area contributed by atoms with Gasteiger partial charge in [0, 0.05) is 19.3 Å². The van der Waals surface area contributed by atoms with E-state index in [9.17, 15) is 14.4 Å². The van der Waals surface area contributed by atoms with Gasteiger partial charge in [-0.05, 0) is 89.9 Å². The van der Waals surface area contributed by atoms with Crippen molar-refractivity contribution in [2.24, 2.45) is 0 Å². The summed E-state index contributed by atoms with van der Waals surface area (Å²) in [6, 6.07) is 0. The molecule has 6 heteroatoms. The molecule has 0 radical (unpaired) electrons. The summed E-state index contributed by atoms with van der Waals surface area (Å²) in [5.41, 5.74) is 0. The van der Waals surface area contributed by atoms with Crippen LogP contribution in [0.15, 0.2) is 158 Å². The topological polar surface area (TPSA) is 78.9 Å². The van der Waals surface area contributed by atoms with Crippen LogP contribution in [0.3, 0.4) is 0 Å². The van der Waals surface area contributed by atoms with E-state index < -0.39 is 6.10 Å². The molecule has 0 N–H and O–H groups in total. The minimum absolute atomic E-state index is 0.114. The molecule has 6 nitrogen and oxygen atoms in total. The summed E-state index contributed by atoms with van der Waals surface area (Å²) in [6.07, 6.45) is 80.8. The van der Waals surface area contributed by atoms with Gasteiger partial charge in [0.05, 0.1) is 0 Å². The van der Waals surface area contributed by atoms with Crippen molar-refractivity contribution in [1.82, 2.24) is 0 Å². The molecule has 0 aromatic carbocycles. The number of ether oxygens (including phenoxy) is 3. The van der Waals surface area contributed by atoms with E-state index in [1.807, 2.05) is 72.9 Å². The van der Waals surface area contributed by atoms with Crippen LogP contribution in [0.4, 0.5) is 0 Å². The van der Waals surface area contributed by atoms with Crippen LogP contribution in [0.1, 0.15) is 201 Å². The lowest BCUT2D eigenvalue weighted by molar-refractivity contribution is -0.167. The standard InChI is InChI=1S/C63H96O6/c1-4-7-10-13-16-19-22-25-27-29-31-33-35-38-41-44-47-50-53-56-62(65)68-59-60(58-67-61(64)55-52-49-46-43-40-37-24-21-18-15-12-9-6-3)69-63(66)57-54-51-48-45-42-39-36-34-32-30-28-26-23-20-17-14-11-8-5-2/h7-13,15-22,24-29,31,33,35,38,41,60H,4-6,14,23,30,32,34,36-37,39-40,42-59H2,1-3H3/b10-7+,11-8+,12-9+,16-13+,18-15+,20-17+,22-19+,24-21+,27-25+,28-26+,31-29+,35-33+,41-38+. The molecule has 0 bridgehead atoms. The fraction of sp³-hybridized carbons (Fsp3) is 0.540. The highest BCUT2D eigenvalue weighted by atomic mass is 16.6. The Morgan fingerprint density at radius 3 is 1.00 bits per heavy atom. The molecular weight excluding hydrogens is 853 g/mol. The van der Waals surface area contributed by atoms with Gasteiger partial charge >= 0.3 is 17.9 Å². The third-order valence-corrected chi connectivity index (χ3v) is 10.8. The van der Waals surface area contributed by atoms with Gasteiger partial charge in [-0.2, -0.15) is 0 Å². The lowest BCUT2D eigenvalue weighted by atomic mass is 10.1. The van der Waals surface area contributed by atoms with E-state index in [0.717, 1.165) is 122 Å². The molecule has 0 aliphatic rings. The summed E-state index contributed by atoms with van der Waals surface area (Å²) in [6.45, 7) is 6.17. The van der Waals surface area contributed by atoms with Gasteiger partial charge < -0.3 is 14.2 Å². The van der Waals surface area contributed by atoms with Crippen molar-refractivity contribution in [2.75, 3.05) is 13.2 Å². The molecule has 0 heterocycles. The number of unbranched alkanes of at least 4 members (excludes halogenated alkanes) is 17. The van der Waals surface area contributed by atoms with E-state index >= 15 is 0 Å². The average Bonchev–Trinajstić information content (AvgIpc) is 3.35. The summed E-state index contributed by atoms with van der Waals surface area (Å²) in [7, 11) is 0. The summed E-state index contributed by atoms with van der Waals surface area (Å²) >= 11 is 0. The second-order valence-corrected chi connectivity index (χ2v) is 17.2. The van der Waals surface area contributed by atoms with E-state index in [-0.39, 0.29) is 31.1 Å². The molecule has 0 saturated heterocycles. The van der Waals surface area contributed by atoms with E-state index in [0.29, 0.717) is 19.3 Å². The molecule has 1 unspecified atom stereocenters. The third-order valence-electron chi connectivity index (χ3n) is 10.8. The fourth-order valence-electron chi connectivity index (χ4n) is 6.79. The van der Waals surface area contributed by atoms with Crippen molar-refractivity contribution in [3.05, 3.63) is 158 Å². The van der Waals surface area contributed by atoms with Crippen LogP contribution in [0.25, 0.3) is 0 Å². The molecule has 1 atom stereocenters. The van der Waals surface area contributed by atoms with Gasteiger partial charge in [0.1, 0.15) is 13.2 Å². The first-order valence-corrected chi connectivity index (χ1v) is 27.1. The lowest BCUT2D eigenvalue weighted by Gasteiger charge is -2.18. The molecule has 0 aromatic rings. The maximum atomic E-state index is 12.8. The predicted molar refractivity (Wildman–Crippen MR) is 297 cm³/mol. The average molecular weight is 949 g/mol. The van der Waals surface area contributed by atoms with E-state index in [2.05, 4.69) is 106 Å². The molecule has 0 saturated carbocycles. The smallest absolute Gasteiger partial charge is 0.306 e. The van der Waals surface area contributed by atoms with Crippen molar-refractivity contribution >= 4 is 17.9 Å². The Bertz CT molecular complexity index is 1610. The van der Waals surface area contributed by atoms with Crippen LogP contribution in [-0.4, -0.2) is 37.2 Å². The van der Waals surface area contributed by atoms with Gasteiger partial charge in [-0.1, -0.05) is 249 Å².